The van der Waals surface area contributed by atoms with E-state index in [9.17, 15) is 9.59 Å². The number of carbonyl (C=O) groups is 2. The number of aliphatic carboxylic acids is 1. The lowest BCUT2D eigenvalue weighted by molar-refractivity contribution is -0.138. The number of halogens is 1. The molecule has 1 unspecified atom stereocenters. The Morgan fingerprint density at radius 3 is 2.76 bits per heavy atom. The molecule has 116 valence electrons. The molecule has 1 aromatic rings. The standard InChI is InChI=1S/C15H21ClN2O3/c1-10(2)18-9-11(16)7-13(18)15(21)17-6-4-3-5-12(17)8-14(19)20/h7,9-10,12H,3-6,8H2,1-2H3,(H,19,20). The lowest BCUT2D eigenvalue weighted by atomic mass is 9.99. The molecule has 1 aliphatic rings. The van der Waals surface area contributed by atoms with Crippen molar-refractivity contribution in [2.45, 2.75) is 51.6 Å². The Balaban J connectivity index is 2.26. The Morgan fingerprint density at radius 2 is 2.14 bits per heavy atom. The van der Waals surface area contributed by atoms with Crippen molar-refractivity contribution < 1.29 is 14.7 Å². The fraction of sp³-hybridized carbons (Fsp3) is 0.600. The molecule has 1 aliphatic heterocycles. The SMILES string of the molecule is CC(C)n1cc(Cl)cc1C(=O)N1CCCCC1CC(=O)O. The molecule has 1 N–H and O–H groups in total. The van der Waals surface area contributed by atoms with Crippen LogP contribution >= 0.6 is 11.6 Å². The fourth-order valence-electron chi connectivity index (χ4n) is 2.87. The molecule has 0 radical (unpaired) electrons. The van der Waals surface area contributed by atoms with E-state index in [1.807, 2.05) is 18.4 Å². The van der Waals surface area contributed by atoms with Crippen LogP contribution < -0.4 is 0 Å². The Kier molecular flexibility index (Phi) is 4.93. The molecule has 0 bridgehead atoms. The summed E-state index contributed by atoms with van der Waals surface area (Å²) in [5, 5.41) is 9.55. The third-order valence-electron chi connectivity index (χ3n) is 3.89. The second-order valence-electron chi connectivity index (χ2n) is 5.79. The fourth-order valence-corrected chi connectivity index (χ4v) is 3.08. The molecule has 1 atom stereocenters. The summed E-state index contributed by atoms with van der Waals surface area (Å²) >= 11 is 6.03. The van der Waals surface area contributed by atoms with E-state index in [1.54, 1.807) is 17.2 Å². The number of carbonyl (C=O) groups excluding carboxylic acids is 1. The van der Waals surface area contributed by atoms with E-state index in [-0.39, 0.29) is 24.4 Å². The van der Waals surface area contributed by atoms with E-state index < -0.39 is 5.97 Å². The highest BCUT2D eigenvalue weighted by molar-refractivity contribution is 6.31. The van der Waals surface area contributed by atoms with Gasteiger partial charge in [0.2, 0.25) is 0 Å². The number of carboxylic acid groups (broad SMARTS) is 1. The van der Waals surface area contributed by atoms with Crippen molar-refractivity contribution in [2.75, 3.05) is 6.54 Å². The van der Waals surface area contributed by atoms with Crippen molar-refractivity contribution in [3.63, 3.8) is 0 Å². The first kappa shape index (κ1) is 15.9. The molecule has 0 spiro atoms. The van der Waals surface area contributed by atoms with Gasteiger partial charge in [0.15, 0.2) is 0 Å². The second-order valence-corrected chi connectivity index (χ2v) is 6.23. The normalized spacial score (nSPS) is 19.0. The molecule has 1 saturated heterocycles. The number of amides is 1. The zero-order valence-corrected chi connectivity index (χ0v) is 13.1. The molecule has 1 fully saturated rings. The maximum absolute atomic E-state index is 12.8. The summed E-state index contributed by atoms with van der Waals surface area (Å²) in [4.78, 5) is 25.5. The first-order chi connectivity index (χ1) is 9.90. The zero-order chi connectivity index (χ0) is 15.6. The molecule has 2 heterocycles. The van der Waals surface area contributed by atoms with E-state index in [0.29, 0.717) is 17.3 Å². The van der Waals surface area contributed by atoms with Gasteiger partial charge in [-0.15, -0.1) is 0 Å². The van der Waals surface area contributed by atoms with Crippen LogP contribution in [-0.2, 0) is 4.79 Å². The van der Waals surface area contributed by atoms with Crippen molar-refractivity contribution in [1.29, 1.82) is 0 Å². The van der Waals surface area contributed by atoms with Gasteiger partial charge < -0.3 is 14.6 Å². The minimum absolute atomic E-state index is 0.00184. The highest BCUT2D eigenvalue weighted by Gasteiger charge is 2.31. The first-order valence-corrected chi connectivity index (χ1v) is 7.68. The monoisotopic (exact) mass is 312 g/mol. The molecular formula is C15H21ClN2O3. The summed E-state index contributed by atoms with van der Waals surface area (Å²) < 4.78 is 1.84. The lowest BCUT2D eigenvalue weighted by Crippen LogP contribution is -2.45. The van der Waals surface area contributed by atoms with Gasteiger partial charge in [-0.3, -0.25) is 9.59 Å². The molecule has 0 aliphatic carbocycles. The number of likely N-dealkylation sites (tertiary alicyclic amines) is 1. The second kappa shape index (κ2) is 6.52. The summed E-state index contributed by atoms with van der Waals surface area (Å²) in [5.41, 5.74) is 0.535. The summed E-state index contributed by atoms with van der Waals surface area (Å²) in [6.45, 7) is 4.58. The minimum Gasteiger partial charge on any atom is -0.481 e. The van der Waals surface area contributed by atoms with Crippen LogP contribution in [0.25, 0.3) is 0 Å². The molecule has 1 amide bonds. The van der Waals surface area contributed by atoms with Gasteiger partial charge in [-0.05, 0) is 39.2 Å². The predicted octanol–water partition coefficient (Wildman–Crippen LogP) is 3.19. The molecule has 6 heteroatoms. The van der Waals surface area contributed by atoms with Crippen molar-refractivity contribution in [3.05, 3.63) is 23.0 Å². The molecule has 2 rings (SSSR count). The number of hydrogen-bond donors (Lipinski definition) is 1. The van der Waals surface area contributed by atoms with E-state index in [0.717, 1.165) is 19.3 Å². The number of aromatic nitrogens is 1. The maximum atomic E-state index is 12.8. The van der Waals surface area contributed by atoms with Gasteiger partial charge in [0, 0.05) is 24.8 Å². The molecular weight excluding hydrogens is 292 g/mol. The van der Waals surface area contributed by atoms with Crippen LogP contribution in [-0.4, -0.2) is 39.0 Å². The van der Waals surface area contributed by atoms with Crippen molar-refractivity contribution in [1.82, 2.24) is 9.47 Å². The number of rotatable bonds is 4. The van der Waals surface area contributed by atoms with E-state index >= 15 is 0 Å². The van der Waals surface area contributed by atoms with Crippen molar-refractivity contribution in [3.8, 4) is 0 Å². The Bertz CT molecular complexity index is 539. The Labute approximate surface area is 129 Å². The smallest absolute Gasteiger partial charge is 0.305 e. The summed E-state index contributed by atoms with van der Waals surface area (Å²) in [6, 6.07) is 1.56. The zero-order valence-electron chi connectivity index (χ0n) is 12.4. The third kappa shape index (κ3) is 3.59. The molecule has 21 heavy (non-hydrogen) atoms. The largest absolute Gasteiger partial charge is 0.481 e. The quantitative estimate of drug-likeness (QED) is 0.928. The molecule has 5 nitrogen and oxygen atoms in total. The van der Waals surface area contributed by atoms with E-state index in [1.165, 1.54) is 0 Å². The number of hydrogen-bond acceptors (Lipinski definition) is 2. The Hall–Kier alpha value is -1.49. The lowest BCUT2D eigenvalue weighted by Gasteiger charge is -2.35. The average Bonchev–Trinajstić information content (AvgIpc) is 2.80. The topological polar surface area (TPSA) is 62.5 Å². The number of carboxylic acids is 1. The summed E-state index contributed by atoms with van der Waals surface area (Å²) in [7, 11) is 0. The predicted molar refractivity (Wildman–Crippen MR) is 80.8 cm³/mol. The van der Waals surface area contributed by atoms with E-state index in [4.69, 9.17) is 16.7 Å². The Morgan fingerprint density at radius 1 is 1.43 bits per heavy atom. The van der Waals surface area contributed by atoms with Crippen molar-refractivity contribution >= 4 is 23.5 Å². The summed E-state index contributed by atoms with van der Waals surface area (Å²) in [5.74, 6) is -0.987. The van der Waals surface area contributed by atoms with Crippen LogP contribution in [0.4, 0.5) is 0 Å². The summed E-state index contributed by atoms with van der Waals surface area (Å²) in [6.07, 6.45) is 4.37. The molecule has 0 aromatic carbocycles. The van der Waals surface area contributed by atoms with Gasteiger partial charge in [0.1, 0.15) is 5.69 Å². The van der Waals surface area contributed by atoms with Crippen LogP contribution in [0.1, 0.15) is 56.1 Å². The average molecular weight is 313 g/mol. The number of piperidine rings is 1. The van der Waals surface area contributed by atoms with Gasteiger partial charge in [-0.1, -0.05) is 11.6 Å². The van der Waals surface area contributed by atoms with Crippen LogP contribution in [0, 0.1) is 0 Å². The first-order valence-electron chi connectivity index (χ1n) is 7.30. The minimum atomic E-state index is -0.864. The van der Waals surface area contributed by atoms with Gasteiger partial charge >= 0.3 is 5.97 Å². The molecule has 1 aromatic heterocycles. The van der Waals surface area contributed by atoms with Gasteiger partial charge in [0.05, 0.1) is 11.4 Å². The van der Waals surface area contributed by atoms with Crippen LogP contribution in [0.2, 0.25) is 5.02 Å². The highest BCUT2D eigenvalue weighted by atomic mass is 35.5. The van der Waals surface area contributed by atoms with Gasteiger partial charge in [-0.25, -0.2) is 0 Å². The van der Waals surface area contributed by atoms with Crippen LogP contribution in [0.15, 0.2) is 12.3 Å². The number of nitrogens with zero attached hydrogens (tertiary/aromatic N) is 2. The third-order valence-corrected chi connectivity index (χ3v) is 4.10. The van der Waals surface area contributed by atoms with E-state index in [2.05, 4.69) is 0 Å². The van der Waals surface area contributed by atoms with Crippen molar-refractivity contribution in [2.24, 2.45) is 0 Å². The van der Waals surface area contributed by atoms with Crippen LogP contribution in [0.5, 0.6) is 0 Å². The highest BCUT2D eigenvalue weighted by Crippen LogP contribution is 2.25. The van der Waals surface area contributed by atoms with Gasteiger partial charge in [0.25, 0.3) is 5.91 Å². The van der Waals surface area contributed by atoms with Gasteiger partial charge in [-0.2, -0.15) is 0 Å². The van der Waals surface area contributed by atoms with Crippen LogP contribution in [0.3, 0.4) is 0 Å². The molecule has 0 saturated carbocycles. The maximum Gasteiger partial charge on any atom is 0.305 e.